The van der Waals surface area contributed by atoms with Crippen molar-refractivity contribution in [3.05, 3.63) is 0 Å². The van der Waals surface area contributed by atoms with Crippen molar-refractivity contribution in [3.8, 4) is 0 Å². The summed E-state index contributed by atoms with van der Waals surface area (Å²) < 4.78 is 0. The Bertz CT molecular complexity index is 323. The van der Waals surface area contributed by atoms with E-state index < -0.39 is 0 Å². The number of amides is 2. The van der Waals surface area contributed by atoms with Crippen molar-refractivity contribution in [2.24, 2.45) is 11.3 Å². The number of hydrogen-bond acceptors (Lipinski definition) is 3. The molecule has 5 heteroatoms. The van der Waals surface area contributed by atoms with E-state index >= 15 is 0 Å². The van der Waals surface area contributed by atoms with Crippen LogP contribution in [-0.2, 0) is 9.59 Å². The molecule has 1 aliphatic rings. The molecule has 3 N–H and O–H groups in total. The van der Waals surface area contributed by atoms with Crippen LogP contribution in [0.1, 0.15) is 46.5 Å². The molecule has 5 nitrogen and oxygen atoms in total. The van der Waals surface area contributed by atoms with Crippen LogP contribution in [0.15, 0.2) is 0 Å². The SMILES string of the molecule is CC(C)CCC(=O)NCC(=O)NCC1(C)CCNCC1. The van der Waals surface area contributed by atoms with Gasteiger partial charge in [0.1, 0.15) is 0 Å². The lowest BCUT2D eigenvalue weighted by molar-refractivity contribution is -0.126. The summed E-state index contributed by atoms with van der Waals surface area (Å²) in [4.78, 5) is 23.3. The number of rotatable bonds is 7. The molecule has 1 heterocycles. The lowest BCUT2D eigenvalue weighted by atomic mass is 9.81. The highest BCUT2D eigenvalue weighted by Gasteiger charge is 2.26. The van der Waals surface area contributed by atoms with E-state index in [9.17, 15) is 9.59 Å². The highest BCUT2D eigenvalue weighted by Crippen LogP contribution is 2.26. The topological polar surface area (TPSA) is 70.2 Å². The fourth-order valence-electron chi connectivity index (χ4n) is 2.27. The van der Waals surface area contributed by atoms with Crippen LogP contribution >= 0.6 is 0 Å². The van der Waals surface area contributed by atoms with E-state index in [1.807, 2.05) is 0 Å². The van der Waals surface area contributed by atoms with E-state index in [1.54, 1.807) is 0 Å². The maximum absolute atomic E-state index is 11.7. The van der Waals surface area contributed by atoms with Crippen LogP contribution in [0.3, 0.4) is 0 Å². The van der Waals surface area contributed by atoms with Gasteiger partial charge in [-0.1, -0.05) is 20.8 Å². The summed E-state index contributed by atoms with van der Waals surface area (Å²) in [6.45, 7) is 9.17. The monoisotopic (exact) mass is 283 g/mol. The summed E-state index contributed by atoms with van der Waals surface area (Å²) in [5.74, 6) is 0.374. The molecule has 116 valence electrons. The van der Waals surface area contributed by atoms with Gasteiger partial charge in [0.25, 0.3) is 0 Å². The molecule has 0 bridgehead atoms. The second-order valence-electron chi connectivity index (χ2n) is 6.55. The lowest BCUT2D eigenvalue weighted by Crippen LogP contribution is -2.45. The van der Waals surface area contributed by atoms with E-state index in [4.69, 9.17) is 0 Å². The first kappa shape index (κ1) is 17.0. The molecule has 2 amide bonds. The molecule has 1 aliphatic heterocycles. The predicted molar refractivity (Wildman–Crippen MR) is 80.3 cm³/mol. The van der Waals surface area contributed by atoms with Crippen LogP contribution < -0.4 is 16.0 Å². The van der Waals surface area contributed by atoms with Crippen LogP contribution in [-0.4, -0.2) is 38.0 Å². The lowest BCUT2D eigenvalue weighted by Gasteiger charge is -2.34. The predicted octanol–water partition coefficient (Wildman–Crippen LogP) is 1.04. The average molecular weight is 283 g/mol. The number of carbonyl (C=O) groups is 2. The van der Waals surface area contributed by atoms with Gasteiger partial charge in [-0.3, -0.25) is 9.59 Å². The third kappa shape index (κ3) is 6.89. The fourth-order valence-corrected chi connectivity index (χ4v) is 2.27. The summed E-state index contributed by atoms with van der Waals surface area (Å²) in [6.07, 6.45) is 3.51. The second-order valence-corrected chi connectivity index (χ2v) is 6.55. The Morgan fingerprint density at radius 3 is 2.40 bits per heavy atom. The number of hydrogen-bond donors (Lipinski definition) is 3. The van der Waals surface area contributed by atoms with E-state index in [0.717, 1.165) is 32.4 Å². The van der Waals surface area contributed by atoms with E-state index in [1.165, 1.54) is 0 Å². The third-order valence-electron chi connectivity index (χ3n) is 3.92. The minimum Gasteiger partial charge on any atom is -0.354 e. The third-order valence-corrected chi connectivity index (χ3v) is 3.92. The Morgan fingerprint density at radius 1 is 1.15 bits per heavy atom. The van der Waals surface area contributed by atoms with Crippen molar-refractivity contribution in [2.45, 2.75) is 46.5 Å². The molecule has 0 spiro atoms. The van der Waals surface area contributed by atoms with Gasteiger partial charge in [-0.2, -0.15) is 0 Å². The summed E-state index contributed by atoms with van der Waals surface area (Å²) >= 11 is 0. The summed E-state index contributed by atoms with van der Waals surface area (Å²) in [7, 11) is 0. The zero-order chi connectivity index (χ0) is 15.0. The fraction of sp³-hybridized carbons (Fsp3) is 0.867. The van der Waals surface area contributed by atoms with Crippen LogP contribution in [0.4, 0.5) is 0 Å². The zero-order valence-corrected chi connectivity index (χ0v) is 13.1. The Morgan fingerprint density at radius 2 is 1.80 bits per heavy atom. The summed E-state index contributed by atoms with van der Waals surface area (Å²) in [5, 5.41) is 8.93. The maximum Gasteiger partial charge on any atom is 0.239 e. The molecular formula is C15H29N3O2. The number of piperidine rings is 1. The zero-order valence-electron chi connectivity index (χ0n) is 13.1. The van der Waals surface area contributed by atoms with Crippen molar-refractivity contribution < 1.29 is 9.59 Å². The van der Waals surface area contributed by atoms with Gasteiger partial charge in [0, 0.05) is 13.0 Å². The molecule has 0 aromatic carbocycles. The van der Waals surface area contributed by atoms with Crippen LogP contribution in [0, 0.1) is 11.3 Å². The minimum atomic E-state index is -0.0948. The second kappa shape index (κ2) is 8.25. The van der Waals surface area contributed by atoms with Crippen molar-refractivity contribution in [3.63, 3.8) is 0 Å². The molecule has 1 rings (SSSR count). The van der Waals surface area contributed by atoms with E-state index in [2.05, 4.69) is 36.7 Å². The molecule has 0 saturated carbocycles. The molecule has 0 aromatic heterocycles. The first-order valence-electron chi connectivity index (χ1n) is 7.65. The highest BCUT2D eigenvalue weighted by molar-refractivity contribution is 5.84. The Hall–Kier alpha value is -1.10. The van der Waals surface area contributed by atoms with E-state index in [0.29, 0.717) is 18.9 Å². The van der Waals surface area contributed by atoms with Gasteiger partial charge < -0.3 is 16.0 Å². The number of nitrogens with one attached hydrogen (secondary N) is 3. The number of carbonyl (C=O) groups excluding carboxylic acids is 2. The molecule has 1 fully saturated rings. The Kier molecular flexibility index (Phi) is 6.99. The van der Waals surface area contributed by atoms with Gasteiger partial charge in [-0.05, 0) is 43.7 Å². The first-order chi connectivity index (χ1) is 9.41. The van der Waals surface area contributed by atoms with Gasteiger partial charge in [-0.25, -0.2) is 0 Å². The maximum atomic E-state index is 11.7. The average Bonchev–Trinajstić information content (AvgIpc) is 2.41. The minimum absolute atomic E-state index is 0.0399. The van der Waals surface area contributed by atoms with Crippen LogP contribution in [0.25, 0.3) is 0 Å². The summed E-state index contributed by atoms with van der Waals surface area (Å²) in [5.41, 5.74) is 0.183. The standard InChI is InChI=1S/C15H29N3O2/c1-12(2)4-5-13(19)17-10-14(20)18-11-15(3)6-8-16-9-7-15/h12,16H,4-11H2,1-3H3,(H,17,19)(H,18,20). The molecule has 0 atom stereocenters. The quantitative estimate of drug-likeness (QED) is 0.654. The highest BCUT2D eigenvalue weighted by atomic mass is 16.2. The molecular weight excluding hydrogens is 254 g/mol. The first-order valence-corrected chi connectivity index (χ1v) is 7.65. The summed E-state index contributed by atoms with van der Waals surface area (Å²) in [6, 6.07) is 0. The van der Waals surface area contributed by atoms with Gasteiger partial charge >= 0.3 is 0 Å². The molecule has 0 aromatic rings. The normalized spacial score (nSPS) is 17.8. The van der Waals surface area contributed by atoms with E-state index in [-0.39, 0.29) is 23.8 Å². The van der Waals surface area contributed by atoms with Gasteiger partial charge in [-0.15, -0.1) is 0 Å². The van der Waals surface area contributed by atoms with Crippen molar-refractivity contribution in [1.29, 1.82) is 0 Å². The van der Waals surface area contributed by atoms with Crippen LogP contribution in [0.5, 0.6) is 0 Å². The molecule has 0 radical (unpaired) electrons. The molecule has 0 aliphatic carbocycles. The van der Waals surface area contributed by atoms with Crippen molar-refractivity contribution >= 4 is 11.8 Å². The Labute approximate surface area is 122 Å². The smallest absolute Gasteiger partial charge is 0.239 e. The molecule has 1 saturated heterocycles. The van der Waals surface area contributed by atoms with Crippen molar-refractivity contribution in [2.75, 3.05) is 26.2 Å². The largest absolute Gasteiger partial charge is 0.354 e. The van der Waals surface area contributed by atoms with Gasteiger partial charge in [0.15, 0.2) is 0 Å². The van der Waals surface area contributed by atoms with Crippen molar-refractivity contribution in [1.82, 2.24) is 16.0 Å². The van der Waals surface area contributed by atoms with Gasteiger partial charge in [0.05, 0.1) is 6.54 Å². The van der Waals surface area contributed by atoms with Crippen LogP contribution in [0.2, 0.25) is 0 Å². The molecule has 20 heavy (non-hydrogen) atoms. The Balaban J connectivity index is 2.15. The molecule has 0 unspecified atom stereocenters. The van der Waals surface area contributed by atoms with Gasteiger partial charge in [0.2, 0.25) is 11.8 Å².